The first-order chi connectivity index (χ1) is 14.3. The first-order valence-corrected chi connectivity index (χ1v) is 10.9. The van der Waals surface area contributed by atoms with Crippen LogP contribution in [0.25, 0.3) is 11.3 Å². The molecule has 1 aromatic heterocycles. The van der Waals surface area contributed by atoms with Crippen molar-refractivity contribution in [2.45, 2.75) is 40.2 Å². The Hall–Kier alpha value is -2.99. The molecule has 5 nitrogen and oxygen atoms in total. The molecule has 30 heavy (non-hydrogen) atoms. The summed E-state index contributed by atoms with van der Waals surface area (Å²) in [5.41, 5.74) is 4.09. The summed E-state index contributed by atoms with van der Waals surface area (Å²) >= 11 is 1.61. The maximum absolute atomic E-state index is 12.9. The third-order valence-electron chi connectivity index (χ3n) is 4.79. The van der Waals surface area contributed by atoms with Crippen molar-refractivity contribution in [3.05, 3.63) is 70.0 Å². The van der Waals surface area contributed by atoms with E-state index in [1.54, 1.807) is 17.4 Å². The number of hydrogen-bond donors (Lipinski definition) is 2. The van der Waals surface area contributed by atoms with Gasteiger partial charge in [-0.1, -0.05) is 44.2 Å². The minimum Gasteiger partial charge on any atom is -0.340 e. The minimum absolute atomic E-state index is 0.220. The van der Waals surface area contributed by atoms with Crippen LogP contribution in [-0.2, 0) is 4.79 Å². The molecule has 0 saturated heterocycles. The van der Waals surface area contributed by atoms with E-state index in [0.29, 0.717) is 17.7 Å². The van der Waals surface area contributed by atoms with Crippen LogP contribution >= 0.6 is 11.3 Å². The molecule has 3 rings (SSSR count). The van der Waals surface area contributed by atoms with Gasteiger partial charge in [-0.25, -0.2) is 4.98 Å². The van der Waals surface area contributed by atoms with Crippen molar-refractivity contribution in [2.75, 3.05) is 5.32 Å². The second kappa shape index (κ2) is 9.67. The van der Waals surface area contributed by atoms with E-state index in [2.05, 4.69) is 15.6 Å². The first kappa shape index (κ1) is 21.7. The van der Waals surface area contributed by atoms with Crippen molar-refractivity contribution in [3.8, 4) is 11.3 Å². The van der Waals surface area contributed by atoms with Crippen LogP contribution in [0.4, 0.5) is 5.69 Å². The van der Waals surface area contributed by atoms with Crippen molar-refractivity contribution in [2.24, 2.45) is 5.92 Å². The Kier molecular flexibility index (Phi) is 7.00. The summed E-state index contributed by atoms with van der Waals surface area (Å²) in [6, 6.07) is 14.4. The summed E-state index contributed by atoms with van der Waals surface area (Å²) < 4.78 is 0. The Labute approximate surface area is 181 Å². The maximum Gasteiger partial charge on any atom is 0.252 e. The highest BCUT2D eigenvalue weighted by molar-refractivity contribution is 7.09. The van der Waals surface area contributed by atoms with E-state index in [1.165, 1.54) is 0 Å². The molecule has 0 unspecified atom stereocenters. The summed E-state index contributed by atoms with van der Waals surface area (Å²) in [5, 5.41) is 8.87. The lowest BCUT2D eigenvalue weighted by atomic mass is 10.0. The molecular formula is C24H27N3O2S. The lowest BCUT2D eigenvalue weighted by molar-refractivity contribution is -0.118. The van der Waals surface area contributed by atoms with E-state index in [1.807, 2.05) is 75.5 Å². The molecule has 6 heteroatoms. The lowest BCUT2D eigenvalue weighted by Gasteiger charge is -2.21. The molecule has 2 amide bonds. The van der Waals surface area contributed by atoms with Gasteiger partial charge >= 0.3 is 0 Å². The zero-order chi connectivity index (χ0) is 21.7. The van der Waals surface area contributed by atoms with E-state index >= 15 is 0 Å². The fourth-order valence-electron chi connectivity index (χ4n) is 3.22. The van der Waals surface area contributed by atoms with Gasteiger partial charge in [0.05, 0.1) is 10.7 Å². The molecule has 0 fully saturated rings. The fraction of sp³-hybridized carbons (Fsp3) is 0.292. The van der Waals surface area contributed by atoms with Gasteiger partial charge in [0, 0.05) is 22.2 Å². The Morgan fingerprint density at radius 3 is 2.33 bits per heavy atom. The summed E-state index contributed by atoms with van der Waals surface area (Å²) in [5.74, 6) is -0.195. The molecule has 0 aliphatic heterocycles. The number of carbonyl (C=O) groups is 2. The maximum atomic E-state index is 12.9. The van der Waals surface area contributed by atoms with Gasteiger partial charge in [0.1, 0.15) is 6.04 Å². The quantitative estimate of drug-likeness (QED) is 0.550. The van der Waals surface area contributed by atoms with Crippen LogP contribution in [0, 0.1) is 19.8 Å². The molecule has 0 spiro atoms. The molecule has 0 bridgehead atoms. The van der Waals surface area contributed by atoms with Crippen LogP contribution in [0.5, 0.6) is 0 Å². The lowest BCUT2D eigenvalue weighted by Crippen LogP contribution is -2.44. The monoisotopic (exact) mass is 421 g/mol. The van der Waals surface area contributed by atoms with Crippen LogP contribution in [0.2, 0.25) is 0 Å². The zero-order valence-electron chi connectivity index (χ0n) is 17.7. The van der Waals surface area contributed by atoms with Gasteiger partial charge in [0.2, 0.25) is 5.91 Å². The second-order valence-corrected chi connectivity index (χ2v) is 8.85. The van der Waals surface area contributed by atoms with Gasteiger partial charge in [0.15, 0.2) is 0 Å². The second-order valence-electron chi connectivity index (χ2n) is 7.79. The van der Waals surface area contributed by atoms with E-state index < -0.39 is 6.04 Å². The molecular weight excluding hydrogens is 394 g/mol. The largest absolute Gasteiger partial charge is 0.340 e. The summed E-state index contributed by atoms with van der Waals surface area (Å²) in [4.78, 5) is 30.1. The Bertz CT molecular complexity index is 1020. The molecule has 0 radical (unpaired) electrons. The van der Waals surface area contributed by atoms with Crippen molar-refractivity contribution in [1.29, 1.82) is 0 Å². The van der Waals surface area contributed by atoms with Crippen LogP contribution < -0.4 is 10.6 Å². The number of benzene rings is 2. The number of nitrogens with zero attached hydrogens (tertiary/aromatic N) is 1. The number of hydrogen-bond acceptors (Lipinski definition) is 4. The summed E-state index contributed by atoms with van der Waals surface area (Å²) in [7, 11) is 0. The van der Waals surface area contributed by atoms with Crippen LogP contribution in [-0.4, -0.2) is 22.8 Å². The topological polar surface area (TPSA) is 71.1 Å². The highest BCUT2D eigenvalue weighted by atomic mass is 32.1. The average molecular weight is 422 g/mol. The number of carbonyl (C=O) groups excluding carboxylic acids is 2. The van der Waals surface area contributed by atoms with Gasteiger partial charge in [0.25, 0.3) is 5.91 Å². The average Bonchev–Trinajstić information content (AvgIpc) is 3.14. The summed E-state index contributed by atoms with van der Waals surface area (Å²) in [6.45, 7) is 7.93. The number of aromatic nitrogens is 1. The summed E-state index contributed by atoms with van der Waals surface area (Å²) in [6.07, 6.45) is 0.555. The highest BCUT2D eigenvalue weighted by Crippen LogP contribution is 2.23. The molecule has 1 heterocycles. The SMILES string of the molecule is Cc1nc(-c2ccc(NC(=O)[C@H](CC(C)C)NC(=O)c3ccccc3C)cc2)cs1. The van der Waals surface area contributed by atoms with Gasteiger partial charge in [-0.3, -0.25) is 9.59 Å². The predicted molar refractivity (Wildman–Crippen MR) is 123 cm³/mol. The van der Waals surface area contributed by atoms with Crippen molar-refractivity contribution < 1.29 is 9.59 Å². The van der Waals surface area contributed by atoms with Gasteiger partial charge in [-0.05, 0) is 49.9 Å². The van der Waals surface area contributed by atoms with E-state index in [9.17, 15) is 9.59 Å². The standard InChI is InChI=1S/C24H27N3O2S/c1-15(2)13-21(27-23(28)20-8-6-5-7-16(20)3)24(29)26-19-11-9-18(10-12-19)22-14-30-17(4)25-22/h5-12,14-15,21H,13H2,1-4H3,(H,26,29)(H,27,28)/t21-/m0/s1. The predicted octanol–water partition coefficient (Wildman–Crippen LogP) is 5.21. The van der Waals surface area contributed by atoms with Crippen molar-refractivity contribution >= 4 is 28.8 Å². The smallest absolute Gasteiger partial charge is 0.252 e. The van der Waals surface area contributed by atoms with E-state index in [0.717, 1.165) is 21.8 Å². The molecule has 2 N–H and O–H groups in total. The Morgan fingerprint density at radius 1 is 1.03 bits per heavy atom. The number of rotatable bonds is 7. The highest BCUT2D eigenvalue weighted by Gasteiger charge is 2.23. The van der Waals surface area contributed by atoms with E-state index in [-0.39, 0.29) is 17.7 Å². The number of amides is 2. The van der Waals surface area contributed by atoms with Crippen molar-refractivity contribution in [1.82, 2.24) is 10.3 Å². The Morgan fingerprint density at radius 2 is 1.73 bits per heavy atom. The number of thiazole rings is 1. The third kappa shape index (κ3) is 5.54. The molecule has 3 aromatic rings. The molecule has 0 aliphatic rings. The van der Waals surface area contributed by atoms with Crippen LogP contribution in [0.15, 0.2) is 53.9 Å². The minimum atomic E-state index is -0.613. The van der Waals surface area contributed by atoms with Gasteiger partial charge in [-0.15, -0.1) is 11.3 Å². The van der Waals surface area contributed by atoms with Crippen LogP contribution in [0.1, 0.15) is 41.2 Å². The first-order valence-electron chi connectivity index (χ1n) is 10.0. The third-order valence-corrected chi connectivity index (χ3v) is 5.56. The number of anilines is 1. The van der Waals surface area contributed by atoms with Crippen LogP contribution in [0.3, 0.4) is 0 Å². The number of aryl methyl sites for hydroxylation is 2. The van der Waals surface area contributed by atoms with Gasteiger partial charge < -0.3 is 10.6 Å². The van der Waals surface area contributed by atoms with Gasteiger partial charge in [-0.2, -0.15) is 0 Å². The fourth-order valence-corrected chi connectivity index (χ4v) is 3.84. The Balaban J connectivity index is 1.70. The molecule has 1 atom stereocenters. The van der Waals surface area contributed by atoms with E-state index in [4.69, 9.17) is 0 Å². The molecule has 0 aliphatic carbocycles. The normalized spacial score (nSPS) is 11.9. The molecule has 2 aromatic carbocycles. The van der Waals surface area contributed by atoms with Crippen molar-refractivity contribution in [3.63, 3.8) is 0 Å². The molecule has 0 saturated carbocycles. The zero-order valence-corrected chi connectivity index (χ0v) is 18.5. The molecule has 156 valence electrons. The number of nitrogens with one attached hydrogen (secondary N) is 2.